The molecule has 0 fully saturated rings. The van der Waals surface area contributed by atoms with Crippen molar-refractivity contribution in [3.8, 4) is 12.3 Å². The van der Waals surface area contributed by atoms with Gasteiger partial charge in [-0.2, -0.15) is 4.31 Å². The van der Waals surface area contributed by atoms with Crippen LogP contribution in [0.3, 0.4) is 0 Å². The van der Waals surface area contributed by atoms with Gasteiger partial charge in [-0.25, -0.2) is 8.42 Å². The van der Waals surface area contributed by atoms with Crippen LogP contribution in [0.5, 0.6) is 0 Å². The Bertz CT molecular complexity index is 637. The number of aliphatic carboxylic acids is 1. The Balaban J connectivity index is 3.27. The molecule has 0 saturated carbocycles. The van der Waals surface area contributed by atoms with E-state index in [9.17, 15) is 13.2 Å². The van der Waals surface area contributed by atoms with Gasteiger partial charge in [-0.3, -0.25) is 4.79 Å². The molecule has 1 aromatic carbocycles. The number of benzene rings is 1. The topological polar surface area (TPSA) is 74.7 Å². The largest absolute Gasteiger partial charge is 0.480 e. The molecule has 0 aliphatic carbocycles. The number of hydrogen-bond donors (Lipinski definition) is 1. The van der Waals surface area contributed by atoms with E-state index in [4.69, 9.17) is 11.5 Å². The molecule has 0 radical (unpaired) electrons. The van der Waals surface area contributed by atoms with Crippen molar-refractivity contribution in [2.75, 3.05) is 13.1 Å². The Kier molecular flexibility index (Phi) is 5.55. The third-order valence-corrected chi connectivity index (χ3v) is 5.35. The molecule has 0 bridgehead atoms. The van der Waals surface area contributed by atoms with E-state index in [1.54, 1.807) is 12.1 Å². The van der Waals surface area contributed by atoms with Gasteiger partial charge in [0.25, 0.3) is 0 Å². The van der Waals surface area contributed by atoms with Crippen molar-refractivity contribution in [1.29, 1.82) is 0 Å². The Morgan fingerprint density at radius 2 is 2.05 bits per heavy atom. The summed E-state index contributed by atoms with van der Waals surface area (Å²) in [5.41, 5.74) is 0. The average Bonchev–Trinajstić information content (AvgIpc) is 2.27. The number of halogens is 2. The lowest BCUT2D eigenvalue weighted by atomic mass is 10.4. The van der Waals surface area contributed by atoms with E-state index in [2.05, 4.69) is 37.8 Å². The van der Waals surface area contributed by atoms with E-state index in [0.717, 1.165) is 4.31 Å². The monoisotopic (exact) mass is 409 g/mol. The van der Waals surface area contributed by atoms with Crippen LogP contribution in [0.4, 0.5) is 0 Å². The second kappa shape index (κ2) is 6.52. The number of carboxylic acid groups (broad SMARTS) is 1. The third-order valence-electron chi connectivity index (χ3n) is 2.09. The number of carbonyl (C=O) groups is 1. The van der Waals surface area contributed by atoms with Gasteiger partial charge in [0.15, 0.2) is 0 Å². The van der Waals surface area contributed by atoms with Crippen molar-refractivity contribution in [2.45, 2.75) is 4.90 Å². The predicted octanol–water partition coefficient (Wildman–Crippen LogP) is 1.92. The van der Waals surface area contributed by atoms with Crippen molar-refractivity contribution in [1.82, 2.24) is 4.31 Å². The summed E-state index contributed by atoms with van der Waals surface area (Å²) >= 11 is 6.34. The van der Waals surface area contributed by atoms with Gasteiger partial charge < -0.3 is 5.11 Å². The highest BCUT2D eigenvalue weighted by Gasteiger charge is 2.27. The highest BCUT2D eigenvalue weighted by atomic mass is 79.9. The molecule has 0 aromatic heterocycles. The minimum Gasteiger partial charge on any atom is -0.480 e. The molecule has 8 heteroatoms. The smallest absolute Gasteiger partial charge is 0.318 e. The Morgan fingerprint density at radius 1 is 1.42 bits per heavy atom. The summed E-state index contributed by atoms with van der Waals surface area (Å²) in [6, 6.07) is 4.48. The summed E-state index contributed by atoms with van der Waals surface area (Å²) in [4.78, 5) is 10.7. The van der Waals surface area contributed by atoms with E-state index in [1.807, 2.05) is 0 Å². The fraction of sp³-hybridized carbons (Fsp3) is 0.182. The zero-order valence-corrected chi connectivity index (χ0v) is 13.5. The second-order valence-corrected chi connectivity index (χ2v) is 7.12. The lowest BCUT2D eigenvalue weighted by Crippen LogP contribution is -2.36. The molecule has 102 valence electrons. The summed E-state index contributed by atoms with van der Waals surface area (Å²) in [6.45, 7) is -0.994. The van der Waals surface area contributed by atoms with E-state index >= 15 is 0 Å². The maximum atomic E-state index is 12.3. The van der Waals surface area contributed by atoms with Crippen molar-refractivity contribution < 1.29 is 18.3 Å². The molecule has 0 heterocycles. The summed E-state index contributed by atoms with van der Waals surface area (Å²) in [6.07, 6.45) is 5.07. The molecule has 0 aliphatic heterocycles. The van der Waals surface area contributed by atoms with Crippen molar-refractivity contribution in [2.24, 2.45) is 0 Å². The van der Waals surface area contributed by atoms with Crippen LogP contribution in [0.25, 0.3) is 0 Å². The first kappa shape index (κ1) is 16.2. The number of sulfonamides is 1. The second-order valence-electron chi connectivity index (χ2n) is 3.45. The van der Waals surface area contributed by atoms with E-state index in [0.29, 0.717) is 8.95 Å². The number of hydrogen-bond acceptors (Lipinski definition) is 3. The molecule has 0 unspecified atom stereocenters. The van der Waals surface area contributed by atoms with Crippen LogP contribution in [0, 0.1) is 12.3 Å². The van der Waals surface area contributed by atoms with E-state index in [1.165, 1.54) is 6.07 Å². The van der Waals surface area contributed by atoms with Crippen molar-refractivity contribution in [3.05, 3.63) is 27.1 Å². The van der Waals surface area contributed by atoms with Gasteiger partial charge in [0.05, 0.1) is 11.4 Å². The summed E-state index contributed by atoms with van der Waals surface area (Å²) in [5.74, 6) is 0.867. The number of nitrogens with zero attached hydrogens (tertiary/aromatic N) is 1. The zero-order chi connectivity index (χ0) is 14.6. The summed E-state index contributed by atoms with van der Waals surface area (Å²) in [5, 5.41) is 8.74. The minimum absolute atomic E-state index is 0.0350. The molecule has 1 aromatic rings. The van der Waals surface area contributed by atoms with Gasteiger partial charge in [-0.05, 0) is 34.1 Å². The van der Waals surface area contributed by atoms with E-state index in [-0.39, 0.29) is 11.4 Å². The molecular formula is C11H9Br2NO4S. The van der Waals surface area contributed by atoms with Crippen molar-refractivity contribution in [3.63, 3.8) is 0 Å². The number of rotatable bonds is 5. The van der Waals surface area contributed by atoms with Crippen molar-refractivity contribution >= 4 is 47.9 Å². The molecule has 1 N–H and O–H groups in total. The highest BCUT2D eigenvalue weighted by Crippen LogP contribution is 2.27. The Labute approximate surface area is 127 Å². The highest BCUT2D eigenvalue weighted by molar-refractivity contribution is 9.11. The maximum absolute atomic E-state index is 12.3. The first-order valence-electron chi connectivity index (χ1n) is 4.89. The summed E-state index contributed by atoms with van der Waals surface area (Å²) < 4.78 is 26.4. The minimum atomic E-state index is -3.96. The quantitative estimate of drug-likeness (QED) is 0.752. The van der Waals surface area contributed by atoms with Crippen LogP contribution in [0.2, 0.25) is 0 Å². The molecule has 0 saturated heterocycles. The SMILES string of the molecule is C#CCN(CC(=O)O)S(=O)(=O)c1ccc(Br)cc1Br. The molecule has 19 heavy (non-hydrogen) atoms. The molecule has 0 amide bonds. The molecule has 5 nitrogen and oxygen atoms in total. The molecule has 0 atom stereocenters. The maximum Gasteiger partial charge on any atom is 0.318 e. The van der Waals surface area contributed by atoms with Gasteiger partial charge in [0.1, 0.15) is 6.54 Å². The lowest BCUT2D eigenvalue weighted by molar-refractivity contribution is -0.137. The van der Waals surface area contributed by atoms with Crippen LogP contribution >= 0.6 is 31.9 Å². The Hall–Kier alpha value is -0.880. The van der Waals surface area contributed by atoms with Gasteiger partial charge in [0, 0.05) is 8.95 Å². The number of carboxylic acids is 1. The van der Waals surface area contributed by atoms with Gasteiger partial charge in [-0.15, -0.1) is 6.42 Å². The van der Waals surface area contributed by atoms with E-state index < -0.39 is 22.5 Å². The van der Waals surface area contributed by atoms with Gasteiger partial charge in [0.2, 0.25) is 10.0 Å². The molecule has 0 aliphatic rings. The molecular weight excluding hydrogens is 402 g/mol. The number of terminal acetylenes is 1. The third kappa shape index (κ3) is 4.04. The lowest BCUT2D eigenvalue weighted by Gasteiger charge is -2.18. The van der Waals surface area contributed by atoms with Crippen LogP contribution in [0.1, 0.15) is 0 Å². The summed E-state index contributed by atoms with van der Waals surface area (Å²) in [7, 11) is -3.96. The van der Waals surface area contributed by atoms with Crippen LogP contribution < -0.4 is 0 Å². The zero-order valence-electron chi connectivity index (χ0n) is 9.51. The van der Waals surface area contributed by atoms with Crippen LogP contribution in [-0.4, -0.2) is 36.9 Å². The first-order chi connectivity index (χ1) is 8.78. The normalized spacial score (nSPS) is 11.3. The van der Waals surface area contributed by atoms with Crippen LogP contribution in [-0.2, 0) is 14.8 Å². The first-order valence-corrected chi connectivity index (χ1v) is 7.92. The van der Waals surface area contributed by atoms with Crippen LogP contribution in [0.15, 0.2) is 32.0 Å². The predicted molar refractivity (Wildman–Crippen MR) is 77.1 cm³/mol. The fourth-order valence-corrected chi connectivity index (χ4v) is 4.31. The fourth-order valence-electron chi connectivity index (χ4n) is 1.30. The standard InChI is InChI=1S/C11H9Br2NO4S/c1-2-5-14(7-11(15)16)19(17,18)10-4-3-8(12)6-9(10)13/h1,3-4,6H,5,7H2,(H,15,16). The average molecular weight is 411 g/mol. The van der Waals surface area contributed by atoms with Gasteiger partial charge in [-0.1, -0.05) is 21.9 Å². The Morgan fingerprint density at radius 3 is 2.53 bits per heavy atom. The van der Waals surface area contributed by atoms with Gasteiger partial charge >= 0.3 is 5.97 Å². The molecule has 0 spiro atoms. The molecule has 1 rings (SSSR count).